The van der Waals surface area contributed by atoms with Gasteiger partial charge in [0.2, 0.25) is 0 Å². The zero-order valence-corrected chi connectivity index (χ0v) is 93.8. The fraction of sp³-hybridized carbons (Fsp3) is 0.874. The molecule has 22 heteroatoms. The molecule has 0 spiro atoms. The van der Waals surface area contributed by atoms with Crippen LogP contribution >= 0.6 is 0 Å². The second-order valence-electron chi connectivity index (χ2n) is 58.3. The number of ether oxygens (including phenoxy) is 8. The molecule has 141 heavy (non-hydrogen) atoms. The predicted molar refractivity (Wildman–Crippen MR) is 545 cm³/mol. The highest BCUT2D eigenvalue weighted by molar-refractivity contribution is 6.74. The van der Waals surface area contributed by atoms with Gasteiger partial charge in [0, 0.05) is 68.1 Å². The van der Waals surface area contributed by atoms with Crippen molar-refractivity contribution in [2.75, 3.05) is 0 Å². The Hall–Kier alpha value is -3.44. The molecule has 20 nitrogen and oxygen atoms in total. The van der Waals surface area contributed by atoms with Gasteiger partial charge in [-0.15, -0.1) is 0 Å². The van der Waals surface area contributed by atoms with Crippen molar-refractivity contribution in [2.45, 2.75) is 504 Å². The van der Waals surface area contributed by atoms with Crippen molar-refractivity contribution in [2.24, 2.45) is 149 Å². The Morgan fingerprint density at radius 3 is 1.01 bits per heavy atom. The first kappa shape index (κ1) is 105. The Morgan fingerprint density at radius 1 is 0.291 bits per heavy atom. The zero-order chi connectivity index (χ0) is 102. The van der Waals surface area contributed by atoms with Crippen LogP contribution in [0.5, 0.6) is 0 Å². The second kappa shape index (κ2) is 34.5. The number of hydrogen-bond acceptors (Lipinski definition) is 20. The fourth-order valence-electron chi connectivity index (χ4n) is 37.8. The molecule has 16 saturated carbocycles. The molecule has 0 aromatic heterocycles. The van der Waals surface area contributed by atoms with Gasteiger partial charge < -0.3 is 62.1 Å². The third-order valence-electron chi connectivity index (χ3n) is 47.6. The smallest absolute Gasteiger partial charge is 0.192 e. The van der Waals surface area contributed by atoms with Crippen LogP contribution in [0.3, 0.4) is 0 Å². The van der Waals surface area contributed by atoms with Gasteiger partial charge >= 0.3 is 0 Å². The molecule has 24 aliphatic rings. The van der Waals surface area contributed by atoms with Crippen LogP contribution in [0, 0.1) is 149 Å². The van der Waals surface area contributed by atoms with E-state index in [1.54, 1.807) is 6.08 Å². The van der Waals surface area contributed by atoms with Crippen LogP contribution in [-0.2, 0) is 80.3 Å². The van der Waals surface area contributed by atoms with Gasteiger partial charge in [-0.05, 0) is 418 Å². The molecule has 3 N–H and O–H groups in total. The van der Waals surface area contributed by atoms with E-state index >= 15 is 0 Å². The Balaban J connectivity index is 0.000000109. The molecule has 16 unspecified atom stereocenters. The monoisotopic (exact) mass is 1990 g/mol. The summed E-state index contributed by atoms with van der Waals surface area (Å²) < 4.78 is 66.5. The summed E-state index contributed by atoms with van der Waals surface area (Å²) in [4.78, 5) is 86.4. The molecule has 0 bridgehead atoms. The van der Waals surface area contributed by atoms with Crippen LogP contribution in [0.15, 0.2) is 46.6 Å². The van der Waals surface area contributed by atoms with Crippen molar-refractivity contribution in [3.8, 4) is 0 Å². The summed E-state index contributed by atoms with van der Waals surface area (Å²) in [5.74, 6) is 6.23. The second-order valence-corrected chi connectivity index (χ2v) is 67.8. The summed E-state index contributed by atoms with van der Waals surface area (Å²) in [5, 5.41) is 32.7. The van der Waals surface area contributed by atoms with E-state index in [9.17, 15) is 48.9 Å². The molecule has 20 aliphatic carbocycles. The van der Waals surface area contributed by atoms with Gasteiger partial charge in [0.05, 0.1) is 54.9 Å². The topological polar surface area (TPSA) is 272 Å². The summed E-state index contributed by atoms with van der Waals surface area (Å²) in [6.45, 7) is 63.3. The fourth-order valence-corrected chi connectivity index (χ4v) is 40.7. The minimum absolute atomic E-state index is 0.00348. The maximum Gasteiger partial charge on any atom is 0.192 e. The van der Waals surface area contributed by atoms with E-state index in [4.69, 9.17) is 46.7 Å². The normalized spacial score (nSPS) is 50.7. The summed E-state index contributed by atoms with van der Waals surface area (Å²) in [6.07, 6.45) is 35.1. The maximum atomic E-state index is 12.7. The average Bonchev–Trinajstić information content (AvgIpc) is 1.59. The molecule has 4 heterocycles. The number of Topliss-reactive ketones (excluding diaryl/α,β-unsaturated/α-hetero) is 3. The first-order chi connectivity index (χ1) is 65.3. The first-order valence-electron chi connectivity index (χ1n) is 56.7. The highest BCUT2D eigenvalue weighted by Crippen LogP contribution is 2.76. The average molecular weight is 1990 g/mol. The van der Waals surface area contributed by atoms with E-state index in [2.05, 4.69) is 151 Å². The van der Waals surface area contributed by atoms with Gasteiger partial charge in [-0.1, -0.05) is 111 Å². The molecule has 39 atom stereocenters. The van der Waals surface area contributed by atoms with E-state index in [0.29, 0.717) is 151 Å². The van der Waals surface area contributed by atoms with Crippen molar-refractivity contribution in [3.05, 3.63) is 46.6 Å². The number of carbonyl (C=O) groups excluding carboxylic acids is 7. The Labute approximate surface area is 847 Å². The molecule has 0 radical (unpaired) electrons. The van der Waals surface area contributed by atoms with Crippen molar-refractivity contribution in [1.82, 2.24) is 0 Å². The van der Waals surface area contributed by atoms with Gasteiger partial charge in [-0.25, -0.2) is 0 Å². The Morgan fingerprint density at radius 2 is 0.596 bits per heavy atom. The highest BCUT2D eigenvalue weighted by Gasteiger charge is 2.75. The van der Waals surface area contributed by atoms with Crippen molar-refractivity contribution < 1.29 is 95.6 Å². The van der Waals surface area contributed by atoms with Crippen LogP contribution in [0.25, 0.3) is 0 Å². The molecule has 20 fully saturated rings. The molecule has 4 saturated heterocycles. The van der Waals surface area contributed by atoms with E-state index in [1.165, 1.54) is 61.7 Å². The van der Waals surface area contributed by atoms with Gasteiger partial charge in [0.15, 0.2) is 62.9 Å². The lowest BCUT2D eigenvalue weighted by molar-refractivity contribution is -0.184. The maximum absolute atomic E-state index is 12.7. The lowest BCUT2D eigenvalue weighted by Crippen LogP contribution is -2.63. The number of rotatable bonds is 4. The molecule has 0 aromatic rings. The largest absolute Gasteiger partial charge is 0.413 e. The van der Waals surface area contributed by atoms with E-state index < -0.39 is 52.0 Å². The van der Waals surface area contributed by atoms with E-state index in [0.717, 1.165) is 115 Å². The van der Waals surface area contributed by atoms with Crippen LogP contribution in [0.1, 0.15) is 365 Å². The number of ketones is 7. The number of aliphatic hydroxyl groups is 3. The minimum atomic E-state index is -1.84. The van der Waals surface area contributed by atoms with Crippen molar-refractivity contribution in [1.29, 1.82) is 0 Å². The van der Waals surface area contributed by atoms with Gasteiger partial charge in [-0.3, -0.25) is 33.6 Å². The number of hydrogen-bond donors (Lipinski definition) is 3. The zero-order valence-electron chi connectivity index (χ0n) is 91.8. The third-order valence-corrected chi connectivity index (χ3v) is 56.6. The Bertz CT molecular complexity index is 5130. The third kappa shape index (κ3) is 16.3. The SMILES string of the molecule is CC1(C)O[C@@H]2C3=CC(=O)CC[C@]3(C)C3CC[C@@]4(C)C(CC[C@@H]4O)C3[C@H]2O1.CC1(C)O[C@@H]2C3=CC(=O)CC[C@]3(C)C3CC[C@@]4(C)C(CC[C@@H]4O[Si](C)(C)C(C)(C)C)C3[C@H]2O1.CC1(C)O[C@@H]2C3=CC(=O)CC[C@]3(C)C3CC[C@]4(C)C(=O)CCC4C3[C@H]2O1.CC1(C)O[C@@H]2C3C(CC[C@@]4(C)C3CC[C@@H]4O[Si](C)(C)C(C)(C)C)[C@@]3(C)CCC(=O)CC3[C@H]2O1.C[C@]12CCC(=O)C=C1[C@@H](O)[C@H](O)C1C2CC[C@]2(C)C(=O)CCC12. The van der Waals surface area contributed by atoms with Crippen LogP contribution in [0.2, 0.25) is 36.3 Å². The molecule has 0 amide bonds. The molecule has 4 aliphatic heterocycles. The lowest BCUT2D eigenvalue weighted by Gasteiger charge is -2.62. The molecule has 786 valence electrons. The quantitative estimate of drug-likeness (QED) is 0.221. The van der Waals surface area contributed by atoms with Gasteiger partial charge in [0.1, 0.15) is 41.8 Å². The van der Waals surface area contributed by atoms with Crippen molar-refractivity contribution in [3.63, 3.8) is 0 Å². The van der Waals surface area contributed by atoms with Crippen LogP contribution in [-0.4, -0.2) is 175 Å². The minimum Gasteiger partial charge on any atom is -0.413 e. The number of fused-ring (bicyclic) bond motifs is 37. The molecular formula is C119H182O20Si2. The lowest BCUT2D eigenvalue weighted by atomic mass is 9.44. The van der Waals surface area contributed by atoms with E-state index in [1.807, 2.05) is 59.8 Å². The van der Waals surface area contributed by atoms with E-state index in [-0.39, 0.29) is 160 Å². The molecule has 24 rings (SSSR count). The summed E-state index contributed by atoms with van der Waals surface area (Å²) in [6, 6.07) is 0. The van der Waals surface area contributed by atoms with Crippen molar-refractivity contribution >= 4 is 57.1 Å². The van der Waals surface area contributed by atoms with Gasteiger partial charge in [-0.2, -0.15) is 0 Å². The predicted octanol–water partition coefficient (Wildman–Crippen LogP) is 22.9. The first-order valence-corrected chi connectivity index (χ1v) is 62.5. The summed E-state index contributed by atoms with van der Waals surface area (Å²) in [5.41, 5.74) is 4.24. The van der Waals surface area contributed by atoms with Crippen LogP contribution in [0.4, 0.5) is 0 Å². The highest BCUT2D eigenvalue weighted by atomic mass is 28.4. The number of carbonyl (C=O) groups is 7. The standard InChI is InChI=1S/C28H48O4Si.C28H46O4Si.C22H32O4.C22H30O4.C19H26O4/c2*1-25(2,3)33(8,9)32-21-11-10-18-22-19(13-15-28(18,21)7)27(6)14-12-17(29)16-20(27)23-24(22)31-26(4,5)30-23;2*1-20(2)25-18-15-11-12(23)7-9-21(15,3)14-8-10-22(4)13(5-6-16(22)24)17(14)19(18)26-20;1-18-7-5-10(20)9-13(18)16(22)17(23)15-11-3-4-14(21)19(11,2)8-6-12(15)18/h18-24H,10-16H2,1-9H3;16,18-19,21-24H,10-15H2,1-9H3;11,13-14,16-19,24H,5-10H2,1-4H3;11,13-14,17-19H,5-10H2,1-4H3;9,11-12,15-17,22-23H,3-8H2,1-2H3/t18?,19?,20?,21-,22?,23+,24+,27+,28-;18?,19?,21-,22?,23+,24+,27+,28-;13?,14?,16-,17?,18+,19+,21+,22-;13?,14?,17?,18-,19-,21-,22+;11?,12?,15?,16-,17-,18-,19+/m00011/s1. The summed E-state index contributed by atoms with van der Waals surface area (Å²) in [7, 11) is -3.67. The number of aliphatic hydroxyl groups excluding tert-OH is 3. The summed E-state index contributed by atoms with van der Waals surface area (Å²) >= 11 is 0. The molecule has 0 aromatic carbocycles. The Kier molecular flexibility index (Phi) is 25.6. The van der Waals surface area contributed by atoms with Crippen LogP contribution < -0.4 is 0 Å². The van der Waals surface area contributed by atoms with Gasteiger partial charge in [0.25, 0.3) is 0 Å². The molecular weight excluding hydrogens is 1810 g/mol.